The molecule has 7 heteroatoms. The van der Waals surface area contributed by atoms with Gasteiger partial charge in [0.15, 0.2) is 0 Å². The third-order valence-corrected chi connectivity index (χ3v) is 3.87. The maximum Gasteiger partial charge on any atom is 0.275 e. The number of carbonyl (C=O) groups excluding carboxylic acids is 1. The Labute approximate surface area is 124 Å². The number of nitrogens with one attached hydrogen (secondary N) is 1. The Morgan fingerprint density at radius 2 is 2.11 bits per heavy atom. The number of hydrogen-bond acceptors (Lipinski definition) is 4. The fourth-order valence-electron chi connectivity index (χ4n) is 1.39. The van der Waals surface area contributed by atoms with Gasteiger partial charge in [0.05, 0.1) is 9.90 Å². The van der Waals surface area contributed by atoms with Gasteiger partial charge in [0.1, 0.15) is 12.4 Å². The van der Waals surface area contributed by atoms with E-state index in [-0.39, 0.29) is 5.91 Å². The number of halogens is 2. The van der Waals surface area contributed by atoms with E-state index in [0.29, 0.717) is 27.3 Å². The molecule has 4 nitrogen and oxygen atoms in total. The summed E-state index contributed by atoms with van der Waals surface area (Å²) in [7, 11) is 0. The monoisotopic (exact) mass is 316 g/mol. The summed E-state index contributed by atoms with van der Waals surface area (Å²) in [6.45, 7) is 0.323. The van der Waals surface area contributed by atoms with E-state index in [1.165, 1.54) is 11.3 Å². The first-order valence-electron chi connectivity index (χ1n) is 5.27. The van der Waals surface area contributed by atoms with Crippen molar-refractivity contribution in [3.8, 4) is 5.75 Å². The summed E-state index contributed by atoms with van der Waals surface area (Å²) in [5.74, 6) is 5.29. The van der Waals surface area contributed by atoms with E-state index >= 15 is 0 Å². The molecule has 0 saturated heterocycles. The van der Waals surface area contributed by atoms with Gasteiger partial charge in [-0.3, -0.25) is 10.2 Å². The second-order valence-electron chi connectivity index (χ2n) is 3.60. The summed E-state index contributed by atoms with van der Waals surface area (Å²) in [5.41, 5.74) is 2.08. The molecule has 0 radical (unpaired) electrons. The molecule has 0 aliphatic heterocycles. The van der Waals surface area contributed by atoms with E-state index in [2.05, 4.69) is 5.43 Å². The predicted octanol–water partition coefficient (Wildman–Crippen LogP) is 3.24. The number of nitrogen functional groups attached to an aromatic ring is 1. The standard InChI is InChI=1S/C12H10Cl2N2O2S/c13-7-1-3-10(9(14)5-7)18-6-8-2-4-11(19-8)12(17)16-15/h1-5H,6,15H2,(H,16,17). The van der Waals surface area contributed by atoms with Gasteiger partial charge >= 0.3 is 0 Å². The van der Waals surface area contributed by atoms with E-state index in [0.717, 1.165) is 4.88 Å². The Morgan fingerprint density at radius 3 is 2.79 bits per heavy atom. The summed E-state index contributed by atoms with van der Waals surface area (Å²) in [6, 6.07) is 8.50. The van der Waals surface area contributed by atoms with E-state index in [4.69, 9.17) is 33.8 Å². The number of nitrogens with two attached hydrogens (primary N) is 1. The molecule has 100 valence electrons. The van der Waals surface area contributed by atoms with Gasteiger partial charge < -0.3 is 4.74 Å². The Morgan fingerprint density at radius 1 is 1.32 bits per heavy atom. The average molecular weight is 317 g/mol. The molecule has 0 unspecified atom stereocenters. The van der Waals surface area contributed by atoms with Gasteiger partial charge in [-0.15, -0.1) is 11.3 Å². The van der Waals surface area contributed by atoms with Crippen LogP contribution in [0.15, 0.2) is 30.3 Å². The molecule has 0 saturated carbocycles. The Bertz CT molecular complexity index is 601. The maximum absolute atomic E-state index is 11.3. The van der Waals surface area contributed by atoms with Crippen LogP contribution in [0.2, 0.25) is 10.0 Å². The van der Waals surface area contributed by atoms with E-state index < -0.39 is 0 Å². The molecule has 1 aromatic heterocycles. The van der Waals surface area contributed by atoms with Gasteiger partial charge in [-0.1, -0.05) is 23.2 Å². The Balaban J connectivity index is 2.02. The molecule has 0 fully saturated rings. The van der Waals surface area contributed by atoms with Gasteiger partial charge in [0.2, 0.25) is 0 Å². The number of amides is 1. The summed E-state index contributed by atoms with van der Waals surface area (Å²) in [5, 5.41) is 0.999. The molecule has 1 aromatic carbocycles. The molecule has 2 rings (SSSR count). The summed E-state index contributed by atoms with van der Waals surface area (Å²) >= 11 is 13.1. The fraction of sp³-hybridized carbons (Fsp3) is 0.0833. The van der Waals surface area contributed by atoms with Crippen LogP contribution in [0, 0.1) is 0 Å². The SMILES string of the molecule is NNC(=O)c1ccc(COc2ccc(Cl)cc2Cl)s1. The second kappa shape index (κ2) is 6.25. The molecule has 19 heavy (non-hydrogen) atoms. The third kappa shape index (κ3) is 3.61. The first-order valence-corrected chi connectivity index (χ1v) is 6.85. The van der Waals surface area contributed by atoms with Crippen LogP contribution in [0.3, 0.4) is 0 Å². The molecule has 3 N–H and O–H groups in total. The van der Waals surface area contributed by atoms with Crippen LogP contribution in [0.5, 0.6) is 5.75 Å². The highest BCUT2D eigenvalue weighted by molar-refractivity contribution is 7.14. The number of rotatable bonds is 4. The number of thiophene rings is 1. The Kier molecular flexibility index (Phi) is 4.66. The van der Waals surface area contributed by atoms with Gasteiger partial charge in [0.25, 0.3) is 5.91 Å². The molecular formula is C12H10Cl2N2O2S. The molecule has 2 aromatic rings. The number of carbonyl (C=O) groups is 1. The van der Waals surface area contributed by atoms with Crippen LogP contribution >= 0.6 is 34.5 Å². The average Bonchev–Trinajstić information content (AvgIpc) is 2.85. The lowest BCUT2D eigenvalue weighted by atomic mass is 10.3. The smallest absolute Gasteiger partial charge is 0.275 e. The van der Waals surface area contributed by atoms with Crippen molar-refractivity contribution in [3.05, 3.63) is 50.1 Å². The van der Waals surface area contributed by atoms with Gasteiger partial charge in [-0.2, -0.15) is 0 Å². The zero-order valence-corrected chi connectivity index (χ0v) is 12.0. The van der Waals surface area contributed by atoms with Crippen molar-refractivity contribution < 1.29 is 9.53 Å². The molecule has 0 aliphatic rings. The molecule has 1 amide bonds. The number of hydrogen-bond donors (Lipinski definition) is 2. The number of benzene rings is 1. The Hall–Kier alpha value is -1.27. The van der Waals surface area contributed by atoms with Crippen molar-refractivity contribution in [2.24, 2.45) is 5.84 Å². The highest BCUT2D eigenvalue weighted by Crippen LogP contribution is 2.28. The minimum atomic E-state index is -0.319. The minimum Gasteiger partial charge on any atom is -0.487 e. The maximum atomic E-state index is 11.3. The summed E-state index contributed by atoms with van der Waals surface area (Å²) in [6.07, 6.45) is 0. The quantitative estimate of drug-likeness (QED) is 0.517. The highest BCUT2D eigenvalue weighted by atomic mass is 35.5. The van der Waals surface area contributed by atoms with Crippen molar-refractivity contribution >= 4 is 40.4 Å². The minimum absolute atomic E-state index is 0.319. The lowest BCUT2D eigenvalue weighted by Gasteiger charge is -2.06. The fourth-order valence-corrected chi connectivity index (χ4v) is 2.68. The van der Waals surface area contributed by atoms with E-state index in [1.807, 2.05) is 0 Å². The van der Waals surface area contributed by atoms with Crippen LogP contribution in [0.4, 0.5) is 0 Å². The zero-order valence-electron chi connectivity index (χ0n) is 9.65. The lowest BCUT2D eigenvalue weighted by molar-refractivity contribution is 0.0957. The lowest BCUT2D eigenvalue weighted by Crippen LogP contribution is -2.29. The first-order chi connectivity index (χ1) is 9.10. The molecule has 0 atom stereocenters. The number of ether oxygens (including phenoxy) is 1. The highest BCUT2D eigenvalue weighted by Gasteiger charge is 2.08. The van der Waals surface area contributed by atoms with Crippen molar-refractivity contribution in [2.75, 3.05) is 0 Å². The van der Waals surface area contributed by atoms with Crippen LogP contribution in [-0.4, -0.2) is 5.91 Å². The molecular weight excluding hydrogens is 307 g/mol. The molecule has 0 aliphatic carbocycles. The van der Waals surface area contributed by atoms with Crippen LogP contribution in [-0.2, 0) is 6.61 Å². The van der Waals surface area contributed by atoms with Gasteiger partial charge in [-0.25, -0.2) is 5.84 Å². The largest absolute Gasteiger partial charge is 0.487 e. The van der Waals surface area contributed by atoms with E-state index in [1.54, 1.807) is 30.3 Å². The predicted molar refractivity (Wildman–Crippen MR) is 76.8 cm³/mol. The van der Waals surface area contributed by atoms with Crippen molar-refractivity contribution in [1.82, 2.24) is 5.43 Å². The zero-order chi connectivity index (χ0) is 13.8. The topological polar surface area (TPSA) is 64.3 Å². The first kappa shape index (κ1) is 14.1. The summed E-state index contributed by atoms with van der Waals surface area (Å²) in [4.78, 5) is 12.7. The third-order valence-electron chi connectivity index (χ3n) is 2.28. The van der Waals surface area contributed by atoms with E-state index in [9.17, 15) is 4.79 Å². The normalized spacial score (nSPS) is 10.3. The molecule has 0 spiro atoms. The summed E-state index contributed by atoms with van der Waals surface area (Å²) < 4.78 is 5.56. The van der Waals surface area contributed by atoms with Crippen molar-refractivity contribution in [3.63, 3.8) is 0 Å². The van der Waals surface area contributed by atoms with Gasteiger partial charge in [0, 0.05) is 9.90 Å². The van der Waals surface area contributed by atoms with Crippen LogP contribution in [0.25, 0.3) is 0 Å². The van der Waals surface area contributed by atoms with Crippen molar-refractivity contribution in [1.29, 1.82) is 0 Å². The van der Waals surface area contributed by atoms with Gasteiger partial charge in [-0.05, 0) is 30.3 Å². The molecule has 1 heterocycles. The van der Waals surface area contributed by atoms with Crippen LogP contribution < -0.4 is 16.0 Å². The van der Waals surface area contributed by atoms with Crippen molar-refractivity contribution in [2.45, 2.75) is 6.61 Å². The number of hydrazine groups is 1. The van der Waals surface area contributed by atoms with Crippen LogP contribution in [0.1, 0.15) is 14.5 Å². The molecule has 0 bridgehead atoms. The second-order valence-corrected chi connectivity index (χ2v) is 5.61.